The quantitative estimate of drug-likeness (QED) is 0.667. The van der Waals surface area contributed by atoms with Gasteiger partial charge in [0, 0.05) is 19.2 Å². The minimum atomic E-state index is -3.22. The number of hydrogen-bond donors (Lipinski definition) is 2. The van der Waals surface area contributed by atoms with Crippen molar-refractivity contribution in [2.75, 3.05) is 25.5 Å². The van der Waals surface area contributed by atoms with Gasteiger partial charge in [-0.25, -0.2) is 13.1 Å². The SMILES string of the molecule is CCCCC(CN)NS(=O)(=O)CC1CCOC1. The van der Waals surface area contributed by atoms with Crippen LogP contribution in [0.15, 0.2) is 0 Å². The summed E-state index contributed by atoms with van der Waals surface area (Å²) in [4.78, 5) is 0. The predicted molar refractivity (Wildman–Crippen MR) is 68.2 cm³/mol. The van der Waals surface area contributed by atoms with Gasteiger partial charge in [0.25, 0.3) is 0 Å². The van der Waals surface area contributed by atoms with Crippen LogP contribution in [-0.2, 0) is 14.8 Å². The van der Waals surface area contributed by atoms with Crippen LogP contribution in [0, 0.1) is 5.92 Å². The van der Waals surface area contributed by atoms with Crippen LogP contribution in [0.1, 0.15) is 32.6 Å². The van der Waals surface area contributed by atoms with Crippen LogP contribution in [0.5, 0.6) is 0 Å². The second-order valence-electron chi connectivity index (χ2n) is 4.70. The average molecular weight is 264 g/mol. The molecule has 0 aliphatic carbocycles. The fourth-order valence-electron chi connectivity index (χ4n) is 2.00. The topological polar surface area (TPSA) is 81.4 Å². The zero-order valence-electron chi connectivity index (χ0n) is 10.5. The minimum absolute atomic E-state index is 0.123. The van der Waals surface area contributed by atoms with Crippen molar-refractivity contribution in [3.05, 3.63) is 0 Å². The fourth-order valence-corrected chi connectivity index (χ4v) is 3.70. The van der Waals surface area contributed by atoms with Crippen LogP contribution in [0.25, 0.3) is 0 Å². The van der Waals surface area contributed by atoms with Crippen LogP contribution in [0.3, 0.4) is 0 Å². The normalized spacial score (nSPS) is 22.8. The monoisotopic (exact) mass is 264 g/mol. The average Bonchev–Trinajstić information content (AvgIpc) is 2.75. The first-order valence-corrected chi connectivity index (χ1v) is 8.00. The van der Waals surface area contributed by atoms with Gasteiger partial charge in [-0.1, -0.05) is 19.8 Å². The van der Waals surface area contributed by atoms with Crippen molar-refractivity contribution in [3.8, 4) is 0 Å². The molecule has 0 spiro atoms. The minimum Gasteiger partial charge on any atom is -0.381 e. The third-order valence-electron chi connectivity index (χ3n) is 3.02. The smallest absolute Gasteiger partial charge is 0.212 e. The Morgan fingerprint density at radius 3 is 2.82 bits per heavy atom. The van der Waals surface area contributed by atoms with Gasteiger partial charge in [0.05, 0.1) is 12.4 Å². The molecule has 17 heavy (non-hydrogen) atoms. The van der Waals surface area contributed by atoms with E-state index in [0.717, 1.165) is 25.7 Å². The van der Waals surface area contributed by atoms with Crippen molar-refractivity contribution >= 4 is 10.0 Å². The first-order valence-electron chi connectivity index (χ1n) is 6.35. The van der Waals surface area contributed by atoms with Gasteiger partial charge < -0.3 is 10.5 Å². The summed E-state index contributed by atoms with van der Waals surface area (Å²) in [5, 5.41) is 0. The molecular formula is C11H24N2O3S. The number of nitrogens with one attached hydrogen (secondary N) is 1. The number of unbranched alkanes of at least 4 members (excludes halogenated alkanes) is 1. The molecule has 102 valence electrons. The van der Waals surface area contributed by atoms with Gasteiger partial charge in [-0.15, -0.1) is 0 Å². The lowest BCUT2D eigenvalue weighted by Gasteiger charge is -2.17. The second kappa shape index (κ2) is 7.31. The Labute approximate surface area is 104 Å². The van der Waals surface area contributed by atoms with Gasteiger partial charge in [0.15, 0.2) is 0 Å². The highest BCUT2D eigenvalue weighted by Gasteiger charge is 2.24. The predicted octanol–water partition coefficient (Wildman–Crippen LogP) is 0.460. The molecule has 0 aromatic carbocycles. The molecule has 0 amide bonds. The van der Waals surface area contributed by atoms with E-state index in [2.05, 4.69) is 11.6 Å². The maximum atomic E-state index is 11.9. The molecular weight excluding hydrogens is 240 g/mol. The van der Waals surface area contributed by atoms with Crippen molar-refractivity contribution < 1.29 is 13.2 Å². The second-order valence-corrected chi connectivity index (χ2v) is 6.50. The third-order valence-corrected chi connectivity index (χ3v) is 4.62. The van der Waals surface area contributed by atoms with Crippen molar-refractivity contribution in [2.45, 2.75) is 38.6 Å². The van der Waals surface area contributed by atoms with E-state index < -0.39 is 10.0 Å². The van der Waals surface area contributed by atoms with E-state index in [9.17, 15) is 8.42 Å². The third kappa shape index (κ3) is 5.81. The number of hydrogen-bond acceptors (Lipinski definition) is 4. The van der Waals surface area contributed by atoms with Crippen molar-refractivity contribution in [1.29, 1.82) is 0 Å². The molecule has 3 N–H and O–H groups in total. The Kier molecular flexibility index (Phi) is 6.40. The van der Waals surface area contributed by atoms with Gasteiger partial charge in [0.2, 0.25) is 10.0 Å². The highest BCUT2D eigenvalue weighted by molar-refractivity contribution is 7.89. The number of ether oxygens (including phenoxy) is 1. The lowest BCUT2D eigenvalue weighted by molar-refractivity contribution is 0.188. The van der Waals surface area contributed by atoms with Gasteiger partial charge in [-0.05, 0) is 18.8 Å². The van der Waals surface area contributed by atoms with Gasteiger partial charge in [-0.2, -0.15) is 0 Å². The molecule has 6 heteroatoms. The molecule has 0 aromatic heterocycles. The van der Waals surface area contributed by atoms with E-state index >= 15 is 0 Å². The van der Waals surface area contributed by atoms with Gasteiger partial charge in [-0.3, -0.25) is 0 Å². The molecule has 1 fully saturated rings. The zero-order valence-corrected chi connectivity index (χ0v) is 11.3. The maximum absolute atomic E-state index is 11.9. The summed E-state index contributed by atoms with van der Waals surface area (Å²) in [6.45, 7) is 3.68. The molecule has 0 aromatic rings. The Hall–Kier alpha value is -0.170. The Morgan fingerprint density at radius 2 is 2.29 bits per heavy atom. The summed E-state index contributed by atoms with van der Waals surface area (Å²) in [5.41, 5.74) is 5.58. The van der Waals surface area contributed by atoms with E-state index in [4.69, 9.17) is 10.5 Å². The lowest BCUT2D eigenvalue weighted by Crippen LogP contribution is -2.42. The number of nitrogens with two attached hydrogens (primary N) is 1. The summed E-state index contributed by atoms with van der Waals surface area (Å²) in [6, 6.07) is -0.123. The van der Waals surface area contributed by atoms with E-state index in [0.29, 0.717) is 19.8 Å². The van der Waals surface area contributed by atoms with E-state index in [1.165, 1.54) is 0 Å². The van der Waals surface area contributed by atoms with E-state index in [1.54, 1.807) is 0 Å². The summed E-state index contributed by atoms with van der Waals surface area (Å²) in [5.74, 6) is 0.299. The highest BCUT2D eigenvalue weighted by atomic mass is 32.2. The summed E-state index contributed by atoms with van der Waals surface area (Å²) < 4.78 is 31.7. The lowest BCUT2D eigenvalue weighted by atomic mass is 10.1. The largest absolute Gasteiger partial charge is 0.381 e. The van der Waals surface area contributed by atoms with Gasteiger partial charge in [0.1, 0.15) is 0 Å². The van der Waals surface area contributed by atoms with Crippen molar-refractivity contribution in [2.24, 2.45) is 11.7 Å². The summed E-state index contributed by atoms with van der Waals surface area (Å²) >= 11 is 0. The van der Waals surface area contributed by atoms with Crippen LogP contribution in [-0.4, -0.2) is 40.0 Å². The Balaban J connectivity index is 2.39. The molecule has 0 saturated carbocycles. The first kappa shape index (κ1) is 14.9. The highest BCUT2D eigenvalue weighted by Crippen LogP contribution is 2.14. The van der Waals surface area contributed by atoms with Crippen LogP contribution >= 0.6 is 0 Å². The molecule has 1 aliphatic heterocycles. The molecule has 0 radical (unpaired) electrons. The molecule has 5 nitrogen and oxygen atoms in total. The molecule has 1 saturated heterocycles. The fraction of sp³-hybridized carbons (Fsp3) is 1.00. The number of rotatable bonds is 8. The molecule has 0 bridgehead atoms. The molecule has 2 atom stereocenters. The molecule has 1 aliphatic rings. The molecule has 2 unspecified atom stereocenters. The van der Waals surface area contributed by atoms with Crippen molar-refractivity contribution in [3.63, 3.8) is 0 Å². The van der Waals surface area contributed by atoms with Crippen LogP contribution < -0.4 is 10.5 Å². The van der Waals surface area contributed by atoms with Crippen LogP contribution in [0.2, 0.25) is 0 Å². The van der Waals surface area contributed by atoms with E-state index in [1.807, 2.05) is 0 Å². The van der Waals surface area contributed by atoms with Crippen LogP contribution in [0.4, 0.5) is 0 Å². The number of sulfonamides is 1. The maximum Gasteiger partial charge on any atom is 0.212 e. The first-order chi connectivity index (χ1) is 8.07. The Morgan fingerprint density at radius 1 is 1.53 bits per heavy atom. The van der Waals surface area contributed by atoms with Gasteiger partial charge >= 0.3 is 0 Å². The van der Waals surface area contributed by atoms with Crippen molar-refractivity contribution in [1.82, 2.24) is 4.72 Å². The summed E-state index contributed by atoms with van der Waals surface area (Å²) in [6.07, 6.45) is 3.70. The standard InChI is InChI=1S/C11H24N2O3S/c1-2-3-4-11(7-12)13-17(14,15)9-10-5-6-16-8-10/h10-11,13H,2-9,12H2,1H3. The summed E-state index contributed by atoms with van der Waals surface area (Å²) in [7, 11) is -3.22. The zero-order chi connectivity index (χ0) is 12.7. The van der Waals surface area contributed by atoms with E-state index in [-0.39, 0.29) is 17.7 Å². The molecule has 1 rings (SSSR count). The Bertz CT molecular complexity index is 300. The molecule has 1 heterocycles.